The highest BCUT2D eigenvalue weighted by molar-refractivity contribution is 5.94. The molecule has 3 aromatic rings. The smallest absolute Gasteiger partial charge is 0.254 e. The van der Waals surface area contributed by atoms with E-state index >= 15 is 0 Å². The van der Waals surface area contributed by atoms with Crippen LogP contribution in [0.1, 0.15) is 5.56 Å². The number of ether oxygens (including phenoxy) is 1. The van der Waals surface area contributed by atoms with Gasteiger partial charge in [0.2, 0.25) is 0 Å². The SMILES string of the molecule is NCC(OCc1ccccc1)C(=O)Nc1ccc(-c2cn[nH]c2)cc1. The standard InChI is InChI=1S/C19H20N4O2/c20-10-18(25-13-14-4-2-1-3-5-14)19(24)23-17-8-6-15(7-9-17)16-11-21-22-12-16/h1-9,11-12,18H,10,13,20H2,(H,21,22)(H,23,24). The molecule has 0 aliphatic rings. The van der Waals surface area contributed by atoms with E-state index < -0.39 is 6.10 Å². The van der Waals surface area contributed by atoms with Crippen LogP contribution in [0.2, 0.25) is 0 Å². The zero-order valence-electron chi connectivity index (χ0n) is 13.7. The molecule has 128 valence electrons. The van der Waals surface area contributed by atoms with E-state index in [1.165, 1.54) is 0 Å². The lowest BCUT2D eigenvalue weighted by atomic mass is 10.1. The predicted molar refractivity (Wildman–Crippen MR) is 96.7 cm³/mol. The van der Waals surface area contributed by atoms with E-state index in [1.807, 2.05) is 60.8 Å². The van der Waals surface area contributed by atoms with Gasteiger partial charge in [-0.1, -0.05) is 42.5 Å². The first-order chi connectivity index (χ1) is 12.3. The van der Waals surface area contributed by atoms with Crippen molar-refractivity contribution in [3.8, 4) is 11.1 Å². The summed E-state index contributed by atoms with van der Waals surface area (Å²) in [4.78, 5) is 12.3. The fraction of sp³-hybridized carbons (Fsp3) is 0.158. The number of nitrogens with one attached hydrogen (secondary N) is 2. The molecule has 0 aliphatic heterocycles. The van der Waals surface area contributed by atoms with Crippen molar-refractivity contribution in [2.75, 3.05) is 11.9 Å². The Morgan fingerprint density at radius 1 is 1.12 bits per heavy atom. The Kier molecular flexibility index (Phi) is 5.56. The zero-order chi connectivity index (χ0) is 17.5. The maximum atomic E-state index is 12.3. The number of nitrogens with two attached hydrogens (primary N) is 1. The number of rotatable bonds is 7. The molecule has 0 fully saturated rings. The summed E-state index contributed by atoms with van der Waals surface area (Å²) in [6.07, 6.45) is 2.86. The molecule has 1 amide bonds. The third-order valence-corrected chi connectivity index (χ3v) is 3.78. The number of hydrogen-bond donors (Lipinski definition) is 3. The van der Waals surface area contributed by atoms with Gasteiger partial charge in [-0.3, -0.25) is 9.89 Å². The van der Waals surface area contributed by atoms with Crippen molar-refractivity contribution < 1.29 is 9.53 Å². The molecule has 6 heteroatoms. The predicted octanol–water partition coefficient (Wildman–Crippen LogP) is 2.56. The molecule has 0 saturated carbocycles. The van der Waals surface area contributed by atoms with Gasteiger partial charge in [0.15, 0.2) is 0 Å². The molecule has 0 bridgehead atoms. The minimum atomic E-state index is -0.700. The minimum absolute atomic E-state index is 0.117. The van der Waals surface area contributed by atoms with E-state index in [1.54, 1.807) is 6.20 Å². The highest BCUT2D eigenvalue weighted by atomic mass is 16.5. The van der Waals surface area contributed by atoms with Gasteiger partial charge in [0.1, 0.15) is 6.10 Å². The number of anilines is 1. The molecule has 3 rings (SSSR count). The highest BCUT2D eigenvalue weighted by Gasteiger charge is 2.17. The molecule has 2 aromatic carbocycles. The Morgan fingerprint density at radius 3 is 2.52 bits per heavy atom. The number of carbonyl (C=O) groups is 1. The van der Waals surface area contributed by atoms with Crippen molar-refractivity contribution in [3.05, 3.63) is 72.6 Å². The van der Waals surface area contributed by atoms with Crippen LogP contribution in [-0.2, 0) is 16.1 Å². The van der Waals surface area contributed by atoms with E-state index in [0.29, 0.717) is 12.3 Å². The molecule has 1 aromatic heterocycles. The van der Waals surface area contributed by atoms with Crippen molar-refractivity contribution in [1.82, 2.24) is 10.2 Å². The van der Waals surface area contributed by atoms with E-state index in [-0.39, 0.29) is 12.5 Å². The quantitative estimate of drug-likeness (QED) is 0.618. The van der Waals surface area contributed by atoms with E-state index in [4.69, 9.17) is 10.5 Å². The van der Waals surface area contributed by atoms with Crippen molar-refractivity contribution in [2.45, 2.75) is 12.7 Å². The van der Waals surface area contributed by atoms with Gasteiger partial charge in [-0.25, -0.2) is 0 Å². The van der Waals surface area contributed by atoms with Gasteiger partial charge in [0.05, 0.1) is 12.8 Å². The van der Waals surface area contributed by atoms with Crippen LogP contribution in [0, 0.1) is 0 Å². The number of benzene rings is 2. The molecule has 4 N–H and O–H groups in total. The van der Waals surface area contributed by atoms with Crippen molar-refractivity contribution in [3.63, 3.8) is 0 Å². The van der Waals surface area contributed by atoms with Gasteiger partial charge >= 0.3 is 0 Å². The van der Waals surface area contributed by atoms with Gasteiger partial charge < -0.3 is 15.8 Å². The lowest BCUT2D eigenvalue weighted by Crippen LogP contribution is -2.36. The monoisotopic (exact) mass is 336 g/mol. The van der Waals surface area contributed by atoms with Crippen LogP contribution in [0.25, 0.3) is 11.1 Å². The van der Waals surface area contributed by atoms with E-state index in [2.05, 4.69) is 15.5 Å². The summed E-state index contributed by atoms with van der Waals surface area (Å²) in [5.74, 6) is -0.255. The number of H-pyrrole nitrogens is 1. The first kappa shape index (κ1) is 16.9. The topological polar surface area (TPSA) is 93.0 Å². The highest BCUT2D eigenvalue weighted by Crippen LogP contribution is 2.20. The summed E-state index contributed by atoms with van der Waals surface area (Å²) in [5, 5.41) is 9.53. The molecule has 1 unspecified atom stereocenters. The van der Waals surface area contributed by atoms with Crippen LogP contribution in [0.15, 0.2) is 67.0 Å². The number of nitrogens with zero attached hydrogens (tertiary/aromatic N) is 1. The summed E-state index contributed by atoms with van der Waals surface area (Å²) in [6, 6.07) is 17.2. The molecule has 0 radical (unpaired) electrons. The molecule has 25 heavy (non-hydrogen) atoms. The average Bonchev–Trinajstić information content (AvgIpc) is 3.18. The second-order valence-corrected chi connectivity index (χ2v) is 5.57. The lowest BCUT2D eigenvalue weighted by Gasteiger charge is -2.16. The van der Waals surface area contributed by atoms with Crippen molar-refractivity contribution in [1.29, 1.82) is 0 Å². The fourth-order valence-electron chi connectivity index (χ4n) is 2.40. The maximum Gasteiger partial charge on any atom is 0.254 e. The summed E-state index contributed by atoms with van der Waals surface area (Å²) in [6.45, 7) is 0.460. The number of aromatic nitrogens is 2. The molecular weight excluding hydrogens is 316 g/mol. The summed E-state index contributed by atoms with van der Waals surface area (Å²) >= 11 is 0. The molecule has 0 aliphatic carbocycles. The third kappa shape index (κ3) is 4.53. The first-order valence-corrected chi connectivity index (χ1v) is 8.02. The van der Waals surface area contributed by atoms with Crippen LogP contribution < -0.4 is 11.1 Å². The van der Waals surface area contributed by atoms with Crippen LogP contribution in [0.3, 0.4) is 0 Å². The second kappa shape index (κ2) is 8.23. The van der Waals surface area contributed by atoms with Crippen molar-refractivity contribution >= 4 is 11.6 Å². The third-order valence-electron chi connectivity index (χ3n) is 3.78. The van der Waals surface area contributed by atoms with E-state index in [0.717, 1.165) is 16.7 Å². The van der Waals surface area contributed by atoms with Gasteiger partial charge in [-0.15, -0.1) is 0 Å². The Hall–Kier alpha value is -2.96. The van der Waals surface area contributed by atoms with Crippen LogP contribution >= 0.6 is 0 Å². The number of aromatic amines is 1. The Morgan fingerprint density at radius 2 is 1.88 bits per heavy atom. The van der Waals surface area contributed by atoms with Crippen LogP contribution in [-0.4, -0.2) is 28.8 Å². The Labute approximate surface area is 146 Å². The van der Waals surface area contributed by atoms with Gasteiger partial charge in [0, 0.05) is 24.0 Å². The molecule has 0 saturated heterocycles. The lowest BCUT2D eigenvalue weighted by molar-refractivity contribution is -0.127. The molecule has 1 heterocycles. The van der Waals surface area contributed by atoms with Gasteiger partial charge in [-0.2, -0.15) is 5.10 Å². The molecular formula is C19H20N4O2. The summed E-state index contributed by atoms with van der Waals surface area (Å²) < 4.78 is 5.64. The largest absolute Gasteiger partial charge is 0.362 e. The molecule has 6 nitrogen and oxygen atoms in total. The fourth-order valence-corrected chi connectivity index (χ4v) is 2.40. The Balaban J connectivity index is 1.58. The van der Waals surface area contributed by atoms with Gasteiger partial charge in [0.25, 0.3) is 5.91 Å². The zero-order valence-corrected chi connectivity index (χ0v) is 13.7. The summed E-state index contributed by atoms with van der Waals surface area (Å²) in [5.41, 5.74) is 9.38. The summed E-state index contributed by atoms with van der Waals surface area (Å²) in [7, 11) is 0. The van der Waals surface area contributed by atoms with Gasteiger partial charge in [-0.05, 0) is 23.3 Å². The van der Waals surface area contributed by atoms with Crippen LogP contribution in [0.4, 0.5) is 5.69 Å². The number of hydrogen-bond acceptors (Lipinski definition) is 4. The first-order valence-electron chi connectivity index (χ1n) is 8.02. The second-order valence-electron chi connectivity index (χ2n) is 5.57. The molecule has 1 atom stereocenters. The molecule has 0 spiro atoms. The minimum Gasteiger partial charge on any atom is -0.362 e. The maximum absolute atomic E-state index is 12.3. The number of carbonyl (C=O) groups excluding carboxylic acids is 1. The Bertz CT molecular complexity index is 786. The number of amides is 1. The normalized spacial score (nSPS) is 11.9. The van der Waals surface area contributed by atoms with Crippen LogP contribution in [0.5, 0.6) is 0 Å². The average molecular weight is 336 g/mol. The van der Waals surface area contributed by atoms with Crippen molar-refractivity contribution in [2.24, 2.45) is 5.73 Å². The van der Waals surface area contributed by atoms with E-state index in [9.17, 15) is 4.79 Å².